The zero-order valence-electron chi connectivity index (χ0n) is 23.6. The molecule has 2 aromatic carbocycles. The highest BCUT2D eigenvalue weighted by Crippen LogP contribution is 2.23. The Kier molecular flexibility index (Phi) is 9.01. The molecule has 1 aliphatic rings. The van der Waals surface area contributed by atoms with Gasteiger partial charge in [-0.15, -0.1) is 0 Å². The van der Waals surface area contributed by atoms with Gasteiger partial charge in [-0.2, -0.15) is 0 Å². The van der Waals surface area contributed by atoms with Crippen LogP contribution in [0.25, 0.3) is 10.9 Å². The molecular formula is C30H35ClN8O2. The number of anilines is 2. The molecule has 10 nitrogen and oxygen atoms in total. The number of aromatic amines is 1. The number of carbonyl (C=O) groups excluding carboxylic acids is 1. The number of hydrogen-bond acceptors (Lipinski definition) is 7. The van der Waals surface area contributed by atoms with Gasteiger partial charge in [0.2, 0.25) is 17.8 Å². The molecule has 11 heteroatoms. The number of aryl methyl sites for hydroxylation is 2. The lowest BCUT2D eigenvalue weighted by Crippen LogP contribution is -2.50. The van der Waals surface area contributed by atoms with E-state index in [2.05, 4.69) is 47.5 Å². The summed E-state index contributed by atoms with van der Waals surface area (Å²) in [4.78, 5) is 34.5. The number of halogens is 1. The number of ether oxygens (including phenoxy) is 1. The van der Waals surface area contributed by atoms with Gasteiger partial charge in [0.1, 0.15) is 5.75 Å². The fourth-order valence-corrected chi connectivity index (χ4v) is 5.15. The average molecular weight is 575 g/mol. The zero-order chi connectivity index (χ0) is 28.8. The highest BCUT2D eigenvalue weighted by Gasteiger charge is 2.20. The summed E-state index contributed by atoms with van der Waals surface area (Å²) in [7, 11) is 1.67. The van der Waals surface area contributed by atoms with Crippen molar-refractivity contribution in [3.05, 3.63) is 76.7 Å². The van der Waals surface area contributed by atoms with Gasteiger partial charge in [0, 0.05) is 71.9 Å². The number of rotatable bonds is 8. The van der Waals surface area contributed by atoms with E-state index in [0.717, 1.165) is 65.5 Å². The summed E-state index contributed by atoms with van der Waals surface area (Å²) >= 11 is 6.21. The quantitative estimate of drug-likeness (QED) is 0.214. The highest BCUT2D eigenvalue weighted by atomic mass is 35.5. The van der Waals surface area contributed by atoms with Crippen LogP contribution in [0.1, 0.15) is 17.0 Å². The van der Waals surface area contributed by atoms with E-state index in [1.807, 2.05) is 56.4 Å². The van der Waals surface area contributed by atoms with Crippen LogP contribution < -0.4 is 20.3 Å². The maximum Gasteiger partial charge on any atom is 0.240 e. The normalized spacial score (nSPS) is 14.3. The molecule has 2 aromatic heterocycles. The van der Waals surface area contributed by atoms with Crippen LogP contribution in [0.2, 0.25) is 5.02 Å². The van der Waals surface area contributed by atoms with E-state index in [1.165, 1.54) is 0 Å². The zero-order valence-corrected chi connectivity index (χ0v) is 24.3. The number of nitrogens with one attached hydrogen (secondary N) is 3. The summed E-state index contributed by atoms with van der Waals surface area (Å²) in [5.41, 5.74) is 4.94. The molecular weight excluding hydrogens is 540 g/mol. The molecule has 0 radical (unpaired) electrons. The Morgan fingerprint density at radius 2 is 1.78 bits per heavy atom. The summed E-state index contributed by atoms with van der Waals surface area (Å²) in [6, 6.07) is 15.7. The predicted octanol–water partition coefficient (Wildman–Crippen LogP) is 4.19. The third-order valence-electron chi connectivity index (χ3n) is 7.03. The second-order valence-electron chi connectivity index (χ2n) is 10.1. The van der Waals surface area contributed by atoms with Crippen molar-refractivity contribution in [3.8, 4) is 5.75 Å². The number of methoxy groups -OCH3 is 1. The number of piperazine rings is 1. The SMILES string of the molecule is COc1ccc(N2CCN(CC(=O)NC(=NCCc3c[nH]c4ccc(Cl)cc34)Nc3nc(C)cc(C)n3)CC2)cc1. The Morgan fingerprint density at radius 1 is 1.05 bits per heavy atom. The summed E-state index contributed by atoms with van der Waals surface area (Å²) < 4.78 is 5.26. The first kappa shape index (κ1) is 28.4. The van der Waals surface area contributed by atoms with E-state index in [4.69, 9.17) is 21.3 Å². The van der Waals surface area contributed by atoms with E-state index in [-0.39, 0.29) is 12.5 Å². The smallest absolute Gasteiger partial charge is 0.240 e. The Balaban J connectivity index is 1.21. The van der Waals surface area contributed by atoms with E-state index in [0.29, 0.717) is 29.9 Å². The predicted molar refractivity (Wildman–Crippen MR) is 164 cm³/mol. The van der Waals surface area contributed by atoms with E-state index >= 15 is 0 Å². The van der Waals surface area contributed by atoms with E-state index < -0.39 is 0 Å². The number of amides is 1. The second kappa shape index (κ2) is 13.0. The minimum atomic E-state index is -0.141. The number of aromatic nitrogens is 3. The van der Waals surface area contributed by atoms with Crippen LogP contribution in [0.15, 0.2) is 59.7 Å². The van der Waals surface area contributed by atoms with Crippen LogP contribution in [0.3, 0.4) is 0 Å². The lowest BCUT2D eigenvalue weighted by molar-refractivity contribution is -0.120. The Bertz CT molecular complexity index is 1510. The second-order valence-corrected chi connectivity index (χ2v) is 10.5. The molecule has 4 aromatic rings. The molecule has 3 heterocycles. The van der Waals surface area contributed by atoms with Crippen molar-refractivity contribution in [2.75, 3.05) is 56.6 Å². The monoisotopic (exact) mass is 574 g/mol. The molecule has 214 valence electrons. The van der Waals surface area contributed by atoms with E-state index in [9.17, 15) is 4.79 Å². The van der Waals surface area contributed by atoms with Crippen LogP contribution >= 0.6 is 11.6 Å². The fraction of sp³-hybridized carbons (Fsp3) is 0.333. The molecule has 1 amide bonds. The van der Waals surface area contributed by atoms with Gasteiger partial charge in [0.15, 0.2) is 0 Å². The molecule has 41 heavy (non-hydrogen) atoms. The van der Waals surface area contributed by atoms with Gasteiger partial charge < -0.3 is 14.6 Å². The summed E-state index contributed by atoms with van der Waals surface area (Å²) in [5, 5.41) is 7.83. The number of nitrogens with zero attached hydrogens (tertiary/aromatic N) is 5. The Labute approximate surface area is 244 Å². The number of aliphatic imine (C=N–C) groups is 1. The minimum absolute atomic E-state index is 0.141. The lowest BCUT2D eigenvalue weighted by Gasteiger charge is -2.35. The van der Waals surface area contributed by atoms with Crippen LogP contribution in [0.4, 0.5) is 11.6 Å². The third-order valence-corrected chi connectivity index (χ3v) is 7.26. The molecule has 1 aliphatic heterocycles. The van der Waals surface area contributed by atoms with Gasteiger partial charge in [0.05, 0.1) is 13.7 Å². The van der Waals surface area contributed by atoms with Crippen molar-refractivity contribution in [2.24, 2.45) is 4.99 Å². The number of guanidine groups is 1. The third kappa shape index (κ3) is 7.53. The van der Waals surface area contributed by atoms with Crippen molar-refractivity contribution in [1.29, 1.82) is 0 Å². The highest BCUT2D eigenvalue weighted by molar-refractivity contribution is 6.31. The first-order chi connectivity index (χ1) is 19.9. The van der Waals surface area contributed by atoms with Crippen molar-refractivity contribution < 1.29 is 9.53 Å². The Morgan fingerprint density at radius 3 is 2.49 bits per heavy atom. The molecule has 0 bridgehead atoms. The van der Waals surface area contributed by atoms with Gasteiger partial charge in [-0.05, 0) is 74.4 Å². The molecule has 1 saturated heterocycles. The number of fused-ring (bicyclic) bond motifs is 1. The molecule has 5 rings (SSSR count). The van der Waals surface area contributed by atoms with Crippen LogP contribution in [-0.4, -0.2) is 78.1 Å². The van der Waals surface area contributed by atoms with E-state index in [1.54, 1.807) is 7.11 Å². The first-order valence-electron chi connectivity index (χ1n) is 13.7. The maximum atomic E-state index is 13.1. The lowest BCUT2D eigenvalue weighted by atomic mass is 10.1. The average Bonchev–Trinajstić information content (AvgIpc) is 3.34. The van der Waals surface area contributed by atoms with Crippen LogP contribution in [-0.2, 0) is 11.2 Å². The van der Waals surface area contributed by atoms with Crippen molar-refractivity contribution in [3.63, 3.8) is 0 Å². The molecule has 1 fully saturated rings. The molecule has 3 N–H and O–H groups in total. The summed E-state index contributed by atoms with van der Waals surface area (Å²) in [6.07, 6.45) is 2.64. The van der Waals surface area contributed by atoms with Crippen LogP contribution in [0, 0.1) is 13.8 Å². The Hall–Kier alpha value is -4.15. The van der Waals surface area contributed by atoms with Gasteiger partial charge in [0.25, 0.3) is 0 Å². The van der Waals surface area contributed by atoms with Crippen molar-refractivity contribution >= 4 is 46.0 Å². The largest absolute Gasteiger partial charge is 0.497 e. The molecule has 0 atom stereocenters. The van der Waals surface area contributed by atoms with Gasteiger partial charge in [-0.25, -0.2) is 9.97 Å². The fourth-order valence-electron chi connectivity index (χ4n) is 4.98. The number of benzene rings is 2. The number of hydrogen-bond donors (Lipinski definition) is 3. The van der Waals surface area contributed by atoms with Crippen molar-refractivity contribution in [2.45, 2.75) is 20.3 Å². The molecule has 0 spiro atoms. The topological polar surface area (TPSA) is 111 Å². The van der Waals surface area contributed by atoms with Gasteiger partial charge >= 0.3 is 0 Å². The number of carbonyl (C=O) groups is 1. The molecule has 0 saturated carbocycles. The number of H-pyrrole nitrogens is 1. The minimum Gasteiger partial charge on any atom is -0.497 e. The summed E-state index contributed by atoms with van der Waals surface area (Å²) in [5.74, 6) is 1.42. The first-order valence-corrected chi connectivity index (χ1v) is 14.0. The van der Waals surface area contributed by atoms with Gasteiger partial charge in [-0.3, -0.25) is 25.3 Å². The standard InChI is InChI=1S/C30H35ClN8O2/c1-20-16-21(2)35-30(34-20)37-29(32-11-10-22-18-33-27-9-4-23(31)17-26(22)27)36-28(40)19-38-12-14-39(15-13-38)24-5-7-25(41-3)8-6-24/h4-9,16-18,33H,10-15,19H2,1-3H3,(H2,32,34,35,36,37,40). The maximum absolute atomic E-state index is 13.1. The molecule has 0 unspecified atom stereocenters. The van der Waals surface area contributed by atoms with Gasteiger partial charge in [-0.1, -0.05) is 11.6 Å². The van der Waals surface area contributed by atoms with Crippen molar-refractivity contribution in [1.82, 2.24) is 25.2 Å². The molecule has 0 aliphatic carbocycles. The summed E-state index contributed by atoms with van der Waals surface area (Å²) in [6.45, 7) is 7.77. The van der Waals surface area contributed by atoms with Crippen LogP contribution in [0.5, 0.6) is 5.75 Å².